The van der Waals surface area contributed by atoms with Crippen LogP contribution in [0.1, 0.15) is 5.89 Å². The lowest BCUT2D eigenvalue weighted by molar-refractivity contribution is 0.186. The monoisotopic (exact) mass is 399 g/mol. The molecule has 0 bridgehead atoms. The average molecular weight is 400 g/mol. The Kier molecular flexibility index (Phi) is 5.48. The molecule has 0 fully saturated rings. The molecule has 0 aliphatic carbocycles. The highest BCUT2D eigenvalue weighted by atomic mass is 35.5. The van der Waals surface area contributed by atoms with Crippen molar-refractivity contribution < 1.29 is 9.15 Å². The average Bonchev–Trinajstić information content (AvgIpc) is 3.29. The van der Waals surface area contributed by atoms with Gasteiger partial charge in [0.25, 0.3) is 0 Å². The summed E-state index contributed by atoms with van der Waals surface area (Å²) in [5.41, 5.74) is 2.93. The van der Waals surface area contributed by atoms with Gasteiger partial charge in [-0.25, -0.2) is 9.97 Å². The van der Waals surface area contributed by atoms with Gasteiger partial charge < -0.3 is 13.7 Å². The lowest BCUT2D eigenvalue weighted by atomic mass is 10.2. The molecule has 0 amide bonds. The standard InChI is InChI=1S/C20H18ClN3O2S/c1-25-10-9-24-17-8-7-15(21)11-16(17)23-20(24)27-13-19-22-12-18(26-19)14-5-3-2-4-6-14/h2-8,11-12H,9-10,13H2,1H3. The van der Waals surface area contributed by atoms with Crippen molar-refractivity contribution in [3.8, 4) is 11.3 Å². The smallest absolute Gasteiger partial charge is 0.205 e. The quantitative estimate of drug-likeness (QED) is 0.395. The van der Waals surface area contributed by atoms with Gasteiger partial charge in [0.05, 0.1) is 29.6 Å². The predicted octanol–water partition coefficient (Wildman–Crippen LogP) is 5.28. The number of oxazole rings is 1. The van der Waals surface area contributed by atoms with E-state index in [9.17, 15) is 0 Å². The van der Waals surface area contributed by atoms with Gasteiger partial charge in [0.1, 0.15) is 0 Å². The highest BCUT2D eigenvalue weighted by molar-refractivity contribution is 7.98. The lowest BCUT2D eigenvalue weighted by Crippen LogP contribution is -2.05. The zero-order valence-electron chi connectivity index (χ0n) is 14.8. The summed E-state index contributed by atoms with van der Waals surface area (Å²) in [6.07, 6.45) is 1.76. The fraction of sp³-hybridized carbons (Fsp3) is 0.200. The molecule has 0 atom stereocenters. The van der Waals surface area contributed by atoms with E-state index in [1.807, 2.05) is 48.5 Å². The van der Waals surface area contributed by atoms with Crippen LogP contribution in [0.2, 0.25) is 5.02 Å². The second-order valence-corrected chi connectivity index (χ2v) is 7.32. The molecule has 0 saturated carbocycles. The summed E-state index contributed by atoms with van der Waals surface area (Å²) in [6, 6.07) is 15.7. The van der Waals surface area contributed by atoms with Gasteiger partial charge in [0.2, 0.25) is 5.89 Å². The van der Waals surface area contributed by atoms with Crippen LogP contribution >= 0.6 is 23.4 Å². The normalized spacial score (nSPS) is 11.3. The number of nitrogens with zero attached hydrogens (tertiary/aromatic N) is 3. The van der Waals surface area contributed by atoms with Crippen LogP contribution in [0, 0.1) is 0 Å². The summed E-state index contributed by atoms with van der Waals surface area (Å²) in [6.45, 7) is 1.33. The van der Waals surface area contributed by atoms with Crippen molar-refractivity contribution in [2.45, 2.75) is 17.5 Å². The Morgan fingerprint density at radius 2 is 2.04 bits per heavy atom. The summed E-state index contributed by atoms with van der Waals surface area (Å²) in [5.74, 6) is 2.03. The fourth-order valence-corrected chi connectivity index (χ4v) is 3.89. The van der Waals surface area contributed by atoms with Gasteiger partial charge in [0.15, 0.2) is 10.9 Å². The second kappa shape index (κ2) is 8.17. The maximum absolute atomic E-state index is 6.11. The van der Waals surface area contributed by atoms with Gasteiger partial charge in [-0.3, -0.25) is 0 Å². The van der Waals surface area contributed by atoms with Crippen LogP contribution in [-0.2, 0) is 17.0 Å². The van der Waals surface area contributed by atoms with Gasteiger partial charge in [-0.1, -0.05) is 53.7 Å². The number of halogens is 1. The van der Waals surface area contributed by atoms with E-state index in [2.05, 4.69) is 9.55 Å². The zero-order valence-corrected chi connectivity index (χ0v) is 16.3. The number of fused-ring (bicyclic) bond motifs is 1. The van der Waals surface area contributed by atoms with E-state index >= 15 is 0 Å². The molecule has 7 heteroatoms. The summed E-state index contributed by atoms with van der Waals surface area (Å²) in [5, 5.41) is 1.57. The first-order chi connectivity index (χ1) is 13.2. The molecule has 0 N–H and O–H groups in total. The number of rotatable bonds is 7. The third-order valence-corrected chi connectivity index (χ3v) is 5.33. The van der Waals surface area contributed by atoms with E-state index in [1.54, 1.807) is 25.1 Å². The molecule has 0 saturated heterocycles. The number of ether oxygens (including phenoxy) is 1. The lowest BCUT2D eigenvalue weighted by Gasteiger charge is -2.07. The number of hydrogen-bond donors (Lipinski definition) is 0. The molecule has 2 heterocycles. The zero-order chi connectivity index (χ0) is 18.6. The number of aromatic nitrogens is 3. The van der Waals surface area contributed by atoms with Gasteiger partial charge in [0, 0.05) is 24.2 Å². The molecule has 0 unspecified atom stereocenters. The van der Waals surface area contributed by atoms with Crippen molar-refractivity contribution in [3.63, 3.8) is 0 Å². The molecule has 0 spiro atoms. The molecule has 4 rings (SSSR count). The number of hydrogen-bond acceptors (Lipinski definition) is 5. The number of methoxy groups -OCH3 is 1. The summed E-state index contributed by atoms with van der Waals surface area (Å²) in [7, 11) is 1.70. The minimum Gasteiger partial charge on any atom is -0.440 e. The summed E-state index contributed by atoms with van der Waals surface area (Å²) >= 11 is 7.70. The molecule has 0 aliphatic rings. The van der Waals surface area contributed by atoms with E-state index in [-0.39, 0.29) is 0 Å². The highest BCUT2D eigenvalue weighted by Gasteiger charge is 2.14. The van der Waals surface area contributed by atoms with E-state index in [0.29, 0.717) is 23.3 Å². The van der Waals surface area contributed by atoms with E-state index in [0.717, 1.165) is 34.1 Å². The van der Waals surface area contributed by atoms with Gasteiger partial charge in [-0.15, -0.1) is 0 Å². The molecular formula is C20H18ClN3O2S. The van der Waals surface area contributed by atoms with Crippen molar-refractivity contribution in [1.29, 1.82) is 0 Å². The van der Waals surface area contributed by atoms with Crippen molar-refractivity contribution in [2.24, 2.45) is 0 Å². The third-order valence-electron chi connectivity index (χ3n) is 4.13. The van der Waals surface area contributed by atoms with Crippen LogP contribution in [0.3, 0.4) is 0 Å². The Bertz CT molecular complexity index is 1050. The highest BCUT2D eigenvalue weighted by Crippen LogP contribution is 2.29. The maximum Gasteiger partial charge on any atom is 0.205 e. The Balaban J connectivity index is 1.55. The van der Waals surface area contributed by atoms with Crippen LogP contribution in [0.4, 0.5) is 0 Å². The first-order valence-corrected chi connectivity index (χ1v) is 9.88. The molecular weight excluding hydrogens is 382 g/mol. The minimum absolute atomic E-state index is 0.594. The van der Waals surface area contributed by atoms with E-state index in [4.69, 9.17) is 25.7 Å². The fourth-order valence-electron chi connectivity index (χ4n) is 2.83. The number of benzene rings is 2. The number of thioether (sulfide) groups is 1. The topological polar surface area (TPSA) is 53.1 Å². The molecule has 2 aromatic heterocycles. The molecule has 4 aromatic rings. The Morgan fingerprint density at radius 1 is 1.19 bits per heavy atom. The Hall–Kier alpha value is -2.28. The van der Waals surface area contributed by atoms with Crippen LogP contribution in [0.25, 0.3) is 22.4 Å². The molecule has 27 heavy (non-hydrogen) atoms. The Morgan fingerprint density at radius 3 is 2.85 bits per heavy atom. The minimum atomic E-state index is 0.594. The van der Waals surface area contributed by atoms with Crippen LogP contribution in [-0.4, -0.2) is 28.3 Å². The first-order valence-electron chi connectivity index (χ1n) is 8.52. The van der Waals surface area contributed by atoms with Crippen molar-refractivity contribution in [3.05, 3.63) is 65.6 Å². The van der Waals surface area contributed by atoms with Gasteiger partial charge in [-0.2, -0.15) is 0 Å². The number of imidazole rings is 1. The van der Waals surface area contributed by atoms with E-state index < -0.39 is 0 Å². The predicted molar refractivity (Wildman–Crippen MR) is 108 cm³/mol. The molecule has 0 radical (unpaired) electrons. The van der Waals surface area contributed by atoms with Crippen molar-refractivity contribution in [1.82, 2.24) is 14.5 Å². The second-order valence-electron chi connectivity index (χ2n) is 5.94. The SMILES string of the molecule is COCCn1c(SCc2ncc(-c3ccccc3)o2)nc2cc(Cl)ccc21. The van der Waals surface area contributed by atoms with Crippen molar-refractivity contribution in [2.75, 3.05) is 13.7 Å². The third kappa shape index (κ3) is 4.03. The maximum atomic E-state index is 6.11. The largest absolute Gasteiger partial charge is 0.440 e. The summed E-state index contributed by atoms with van der Waals surface area (Å²) < 4.78 is 13.3. The van der Waals surface area contributed by atoms with E-state index in [1.165, 1.54) is 0 Å². The molecule has 138 valence electrons. The summed E-state index contributed by atoms with van der Waals surface area (Å²) in [4.78, 5) is 9.12. The van der Waals surface area contributed by atoms with Crippen LogP contribution in [0.5, 0.6) is 0 Å². The van der Waals surface area contributed by atoms with Gasteiger partial charge >= 0.3 is 0 Å². The Labute approximate surface area is 166 Å². The van der Waals surface area contributed by atoms with Crippen LogP contribution in [0.15, 0.2) is 64.3 Å². The van der Waals surface area contributed by atoms with Gasteiger partial charge in [-0.05, 0) is 18.2 Å². The molecule has 2 aromatic carbocycles. The molecule has 0 aliphatic heterocycles. The van der Waals surface area contributed by atoms with Crippen molar-refractivity contribution >= 4 is 34.4 Å². The molecule has 5 nitrogen and oxygen atoms in total. The van der Waals surface area contributed by atoms with Crippen LogP contribution < -0.4 is 0 Å². The first kappa shape index (κ1) is 18.1.